The molecule has 37 heavy (non-hydrogen) atoms. The van der Waals surface area contributed by atoms with Gasteiger partial charge in [-0.2, -0.15) is 4.98 Å². The highest BCUT2D eigenvalue weighted by atomic mass is 32.2. The van der Waals surface area contributed by atoms with E-state index in [-0.39, 0.29) is 17.7 Å². The molecule has 2 atom stereocenters. The van der Waals surface area contributed by atoms with Gasteiger partial charge in [0.05, 0.1) is 20.3 Å². The Morgan fingerprint density at radius 2 is 1.86 bits per heavy atom. The smallest absolute Gasteiger partial charge is 0.227 e. The summed E-state index contributed by atoms with van der Waals surface area (Å²) in [6, 6.07) is 13.6. The van der Waals surface area contributed by atoms with Crippen LogP contribution >= 0.6 is 11.8 Å². The van der Waals surface area contributed by atoms with Gasteiger partial charge in [-0.25, -0.2) is 4.68 Å². The third-order valence-corrected chi connectivity index (χ3v) is 8.05. The largest absolute Gasteiger partial charge is 0.497 e. The molecule has 3 aromatic rings. The summed E-state index contributed by atoms with van der Waals surface area (Å²) in [6.45, 7) is 3.37. The number of anilines is 1. The van der Waals surface area contributed by atoms with E-state index in [1.807, 2.05) is 35.0 Å². The molecule has 8 nitrogen and oxygen atoms in total. The van der Waals surface area contributed by atoms with Crippen LogP contribution in [0.3, 0.4) is 0 Å². The van der Waals surface area contributed by atoms with Crippen molar-refractivity contribution in [3.63, 3.8) is 0 Å². The topological polar surface area (TPSA) is 87.5 Å². The van der Waals surface area contributed by atoms with Crippen LogP contribution in [-0.2, 0) is 4.79 Å². The first-order valence-electron chi connectivity index (χ1n) is 12.8. The maximum Gasteiger partial charge on any atom is 0.227 e. The average molecular weight is 519 g/mol. The Morgan fingerprint density at radius 3 is 2.65 bits per heavy atom. The number of Topliss-reactive ketones (excluding diaryl/α,β-unsaturated/α-hetero) is 1. The Kier molecular flexibility index (Phi) is 6.54. The van der Waals surface area contributed by atoms with Crippen molar-refractivity contribution in [1.29, 1.82) is 0 Å². The molecule has 3 aliphatic rings. The molecule has 0 saturated carbocycles. The summed E-state index contributed by atoms with van der Waals surface area (Å²) < 4.78 is 19.0. The van der Waals surface area contributed by atoms with Crippen molar-refractivity contribution >= 4 is 23.5 Å². The summed E-state index contributed by atoms with van der Waals surface area (Å²) in [7, 11) is 1.66. The number of nitrogens with zero attached hydrogens (tertiary/aromatic N) is 3. The second kappa shape index (κ2) is 10.1. The lowest BCUT2D eigenvalue weighted by molar-refractivity contribution is -0.116. The number of hydrogen-bond acceptors (Lipinski definition) is 8. The first kappa shape index (κ1) is 23.9. The fourth-order valence-corrected chi connectivity index (χ4v) is 5.90. The van der Waals surface area contributed by atoms with Crippen LogP contribution in [0.4, 0.5) is 5.95 Å². The Hall–Kier alpha value is -3.46. The summed E-state index contributed by atoms with van der Waals surface area (Å²) >= 11 is 1.63. The first-order chi connectivity index (χ1) is 18.1. The predicted octanol–water partition coefficient (Wildman–Crippen LogP) is 5.37. The minimum Gasteiger partial charge on any atom is -0.497 e. The van der Waals surface area contributed by atoms with E-state index in [9.17, 15) is 4.79 Å². The quantitative estimate of drug-likeness (QED) is 0.436. The van der Waals surface area contributed by atoms with Crippen molar-refractivity contribution < 1.29 is 19.0 Å². The van der Waals surface area contributed by atoms with E-state index in [4.69, 9.17) is 24.3 Å². The maximum atomic E-state index is 13.8. The van der Waals surface area contributed by atoms with Crippen LogP contribution in [0.5, 0.6) is 17.2 Å². The van der Waals surface area contributed by atoms with Gasteiger partial charge in [-0.05, 0) is 54.2 Å². The van der Waals surface area contributed by atoms with Crippen molar-refractivity contribution in [3.05, 3.63) is 64.9 Å². The molecule has 2 unspecified atom stereocenters. The predicted molar refractivity (Wildman–Crippen MR) is 142 cm³/mol. The normalized spacial score (nSPS) is 20.5. The molecule has 2 aliphatic heterocycles. The number of methoxy groups -OCH3 is 1. The minimum atomic E-state index is -0.379. The van der Waals surface area contributed by atoms with Crippen LogP contribution in [0.25, 0.3) is 0 Å². The summed E-state index contributed by atoms with van der Waals surface area (Å²) in [5.41, 5.74) is 3.73. The van der Waals surface area contributed by atoms with Gasteiger partial charge in [0.2, 0.25) is 11.1 Å². The number of allylic oxidation sites excluding steroid dienone is 2. The molecule has 1 N–H and O–H groups in total. The first-order valence-corrected chi connectivity index (χ1v) is 13.8. The average Bonchev–Trinajstić information content (AvgIpc) is 3.18. The molecule has 0 bridgehead atoms. The molecule has 0 fully saturated rings. The van der Waals surface area contributed by atoms with Crippen molar-refractivity contribution in [2.75, 3.05) is 31.4 Å². The Morgan fingerprint density at radius 1 is 1.08 bits per heavy atom. The van der Waals surface area contributed by atoms with Gasteiger partial charge < -0.3 is 19.5 Å². The van der Waals surface area contributed by atoms with E-state index in [0.29, 0.717) is 36.5 Å². The summed E-state index contributed by atoms with van der Waals surface area (Å²) in [5.74, 6) is 4.05. The molecule has 2 aromatic carbocycles. The van der Waals surface area contributed by atoms with Gasteiger partial charge in [0, 0.05) is 29.9 Å². The number of carbonyl (C=O) groups is 1. The van der Waals surface area contributed by atoms with E-state index in [0.717, 1.165) is 58.9 Å². The molecule has 0 saturated heterocycles. The van der Waals surface area contributed by atoms with Crippen LogP contribution in [0.1, 0.15) is 55.7 Å². The zero-order chi connectivity index (χ0) is 25.4. The monoisotopic (exact) mass is 518 g/mol. The standard InChI is InChI=1S/C28H30N4O4S/c1-3-13-37-28-30-27-29-21-14-19(17-5-8-20(34-2)9-6-17)15-22(33)25(21)26(32(27)31-28)18-7-10-23-24(16-18)36-12-4-11-35-23/h5-10,16,19,26H,3-4,11-15H2,1-2H3,(H,29,30,31). The zero-order valence-corrected chi connectivity index (χ0v) is 21.8. The molecule has 3 heterocycles. The number of nitrogens with one attached hydrogen (secondary N) is 1. The second-order valence-corrected chi connectivity index (χ2v) is 10.6. The fourth-order valence-electron chi connectivity index (χ4n) is 5.22. The zero-order valence-electron chi connectivity index (χ0n) is 21.0. The van der Waals surface area contributed by atoms with Crippen molar-refractivity contribution in [2.45, 2.75) is 49.7 Å². The molecular weight excluding hydrogens is 488 g/mol. The highest BCUT2D eigenvalue weighted by molar-refractivity contribution is 7.99. The number of ether oxygens (including phenoxy) is 3. The number of hydrogen-bond donors (Lipinski definition) is 1. The van der Waals surface area contributed by atoms with Gasteiger partial charge in [0.15, 0.2) is 17.3 Å². The number of rotatable bonds is 6. The Labute approximate surface area is 220 Å². The highest BCUT2D eigenvalue weighted by Gasteiger charge is 2.40. The van der Waals surface area contributed by atoms with Crippen LogP contribution in [0, 0.1) is 0 Å². The number of aromatic nitrogens is 3. The van der Waals surface area contributed by atoms with E-state index in [1.165, 1.54) is 0 Å². The van der Waals surface area contributed by atoms with E-state index < -0.39 is 0 Å². The maximum absolute atomic E-state index is 13.8. The molecule has 1 aromatic heterocycles. The Balaban J connectivity index is 1.41. The lowest BCUT2D eigenvalue weighted by Gasteiger charge is -2.35. The van der Waals surface area contributed by atoms with Crippen LogP contribution in [0.15, 0.2) is 58.9 Å². The van der Waals surface area contributed by atoms with Gasteiger partial charge in [0.25, 0.3) is 0 Å². The third kappa shape index (κ3) is 4.56. The number of benzene rings is 2. The van der Waals surface area contributed by atoms with Crippen LogP contribution < -0.4 is 19.5 Å². The molecule has 192 valence electrons. The van der Waals surface area contributed by atoms with E-state index in [2.05, 4.69) is 24.4 Å². The van der Waals surface area contributed by atoms with E-state index in [1.54, 1.807) is 18.9 Å². The van der Waals surface area contributed by atoms with Gasteiger partial charge in [0.1, 0.15) is 11.8 Å². The lowest BCUT2D eigenvalue weighted by atomic mass is 9.78. The number of fused-ring (bicyclic) bond motifs is 2. The van der Waals surface area contributed by atoms with Gasteiger partial charge in [-0.1, -0.05) is 36.9 Å². The molecule has 9 heteroatoms. The molecule has 0 spiro atoms. The molecule has 0 amide bonds. The molecule has 0 radical (unpaired) electrons. The van der Waals surface area contributed by atoms with Crippen LogP contribution in [0.2, 0.25) is 0 Å². The van der Waals surface area contributed by atoms with Gasteiger partial charge in [-0.3, -0.25) is 4.79 Å². The number of ketones is 1. The summed E-state index contributed by atoms with van der Waals surface area (Å²) in [4.78, 5) is 18.6. The summed E-state index contributed by atoms with van der Waals surface area (Å²) in [5, 5.41) is 9.02. The van der Waals surface area contributed by atoms with Crippen molar-refractivity contribution in [3.8, 4) is 17.2 Å². The van der Waals surface area contributed by atoms with Crippen LogP contribution in [-0.4, -0.2) is 46.6 Å². The summed E-state index contributed by atoms with van der Waals surface area (Å²) in [6.07, 6.45) is 3.03. The van der Waals surface area contributed by atoms with Crippen molar-refractivity contribution in [2.24, 2.45) is 0 Å². The van der Waals surface area contributed by atoms with Crippen molar-refractivity contribution in [1.82, 2.24) is 14.8 Å². The van der Waals surface area contributed by atoms with Gasteiger partial charge >= 0.3 is 0 Å². The Bertz CT molecular complexity index is 1350. The number of carbonyl (C=O) groups excluding carboxylic acids is 1. The SMILES string of the molecule is CCCSc1nc2n(n1)C(c1ccc3c(c1)OCCCO3)C1=C(CC(c3ccc(OC)cc3)CC1=O)N2. The third-order valence-electron chi connectivity index (χ3n) is 7.01. The molecule has 6 rings (SSSR count). The molecular formula is C28H30N4O4S. The fraction of sp³-hybridized carbons (Fsp3) is 0.393. The second-order valence-electron chi connectivity index (χ2n) is 9.49. The van der Waals surface area contributed by atoms with E-state index >= 15 is 0 Å². The minimum absolute atomic E-state index is 0.0810. The molecule has 1 aliphatic carbocycles. The number of thioether (sulfide) groups is 1. The highest BCUT2D eigenvalue weighted by Crippen LogP contribution is 2.46. The lowest BCUT2D eigenvalue weighted by Crippen LogP contribution is -2.33. The van der Waals surface area contributed by atoms with Gasteiger partial charge in [-0.15, -0.1) is 5.10 Å².